The molecule has 6 heteroatoms. The number of nitrogens with two attached hydrogens (primary N) is 1. The predicted octanol–water partition coefficient (Wildman–Crippen LogP) is 1.72. The van der Waals surface area contributed by atoms with E-state index in [1.807, 2.05) is 24.3 Å². The molecule has 0 saturated carbocycles. The Morgan fingerprint density at radius 3 is 2.80 bits per heavy atom. The van der Waals surface area contributed by atoms with Crippen molar-refractivity contribution in [2.24, 2.45) is 0 Å². The zero-order valence-electron chi connectivity index (χ0n) is 11.2. The highest BCUT2D eigenvalue weighted by atomic mass is 16.5. The summed E-state index contributed by atoms with van der Waals surface area (Å²) >= 11 is 0. The van der Waals surface area contributed by atoms with E-state index in [-0.39, 0.29) is 0 Å². The van der Waals surface area contributed by atoms with Crippen LogP contribution < -0.4 is 5.73 Å². The Bertz CT molecular complexity index is 737. The van der Waals surface area contributed by atoms with Crippen LogP contribution in [0.1, 0.15) is 0 Å². The molecule has 0 spiro atoms. The molecule has 2 aromatic heterocycles. The Morgan fingerprint density at radius 1 is 1.20 bits per heavy atom. The first-order chi connectivity index (χ1) is 9.81. The van der Waals surface area contributed by atoms with Gasteiger partial charge in [-0.25, -0.2) is 15.0 Å². The van der Waals surface area contributed by atoms with Crippen LogP contribution in [0.2, 0.25) is 0 Å². The predicted molar refractivity (Wildman–Crippen MR) is 77.0 cm³/mol. The van der Waals surface area contributed by atoms with Crippen molar-refractivity contribution in [2.45, 2.75) is 6.54 Å². The number of fused-ring (bicyclic) bond motifs is 1. The van der Waals surface area contributed by atoms with Crippen LogP contribution in [0, 0.1) is 0 Å². The molecule has 20 heavy (non-hydrogen) atoms. The first-order valence-corrected chi connectivity index (χ1v) is 6.32. The van der Waals surface area contributed by atoms with E-state index < -0.39 is 0 Å². The second-order valence-electron chi connectivity index (χ2n) is 4.36. The SMILES string of the molecule is COCCn1c(-c2nccnc2N)nc2ccccc21. The largest absolute Gasteiger partial charge is 0.383 e. The van der Waals surface area contributed by atoms with Crippen LogP contribution in [0.25, 0.3) is 22.6 Å². The fraction of sp³-hybridized carbons (Fsp3) is 0.214. The van der Waals surface area contributed by atoms with E-state index in [0.717, 1.165) is 11.0 Å². The van der Waals surface area contributed by atoms with E-state index in [4.69, 9.17) is 10.5 Å². The number of methoxy groups -OCH3 is 1. The van der Waals surface area contributed by atoms with E-state index in [2.05, 4.69) is 19.5 Å². The van der Waals surface area contributed by atoms with Crippen LogP contribution >= 0.6 is 0 Å². The molecule has 0 bridgehead atoms. The van der Waals surface area contributed by atoms with E-state index in [0.29, 0.717) is 30.5 Å². The first kappa shape index (κ1) is 12.6. The number of aromatic nitrogens is 4. The third-order valence-electron chi connectivity index (χ3n) is 3.11. The van der Waals surface area contributed by atoms with Crippen LogP contribution in [0.15, 0.2) is 36.7 Å². The van der Waals surface area contributed by atoms with Crippen molar-refractivity contribution >= 4 is 16.9 Å². The molecule has 0 amide bonds. The van der Waals surface area contributed by atoms with Gasteiger partial charge in [0.25, 0.3) is 0 Å². The van der Waals surface area contributed by atoms with Gasteiger partial charge in [-0.2, -0.15) is 0 Å². The van der Waals surface area contributed by atoms with Crippen LogP contribution in [0.5, 0.6) is 0 Å². The lowest BCUT2D eigenvalue weighted by Gasteiger charge is -2.08. The highest BCUT2D eigenvalue weighted by Crippen LogP contribution is 2.25. The number of nitrogens with zero attached hydrogens (tertiary/aromatic N) is 4. The number of hydrogen-bond acceptors (Lipinski definition) is 5. The van der Waals surface area contributed by atoms with E-state index >= 15 is 0 Å². The number of anilines is 1. The maximum atomic E-state index is 5.91. The lowest BCUT2D eigenvalue weighted by molar-refractivity contribution is 0.188. The molecule has 0 radical (unpaired) electrons. The summed E-state index contributed by atoms with van der Waals surface area (Å²) in [5, 5.41) is 0. The molecule has 0 aliphatic rings. The topological polar surface area (TPSA) is 78.8 Å². The normalized spacial score (nSPS) is 11.1. The van der Waals surface area contributed by atoms with Crippen molar-refractivity contribution in [1.82, 2.24) is 19.5 Å². The van der Waals surface area contributed by atoms with E-state index in [1.165, 1.54) is 0 Å². The monoisotopic (exact) mass is 269 g/mol. The number of ether oxygens (including phenoxy) is 1. The maximum Gasteiger partial charge on any atom is 0.163 e. The summed E-state index contributed by atoms with van der Waals surface area (Å²) in [5.74, 6) is 1.09. The smallest absolute Gasteiger partial charge is 0.163 e. The highest BCUT2D eigenvalue weighted by Gasteiger charge is 2.15. The number of imidazole rings is 1. The van der Waals surface area contributed by atoms with Gasteiger partial charge in [0, 0.05) is 26.0 Å². The molecule has 3 aromatic rings. The lowest BCUT2D eigenvalue weighted by Crippen LogP contribution is -2.08. The molecular formula is C14H15N5O. The Morgan fingerprint density at radius 2 is 2.00 bits per heavy atom. The van der Waals surface area contributed by atoms with Crippen molar-refractivity contribution in [3.8, 4) is 11.5 Å². The number of benzene rings is 1. The Labute approximate surface area is 116 Å². The van der Waals surface area contributed by atoms with Crippen LogP contribution in [0.3, 0.4) is 0 Å². The average molecular weight is 269 g/mol. The molecule has 0 saturated heterocycles. The number of hydrogen-bond donors (Lipinski definition) is 1. The van der Waals surface area contributed by atoms with Crippen molar-refractivity contribution in [3.63, 3.8) is 0 Å². The summed E-state index contributed by atoms with van der Waals surface area (Å²) in [5.41, 5.74) is 8.45. The minimum absolute atomic E-state index is 0.376. The second kappa shape index (κ2) is 5.26. The summed E-state index contributed by atoms with van der Waals surface area (Å²) in [6, 6.07) is 7.93. The minimum atomic E-state index is 0.376. The van der Waals surface area contributed by atoms with Crippen molar-refractivity contribution in [1.29, 1.82) is 0 Å². The zero-order chi connectivity index (χ0) is 13.9. The summed E-state index contributed by atoms with van der Waals surface area (Å²) in [4.78, 5) is 13.0. The number of para-hydroxylation sites is 2. The van der Waals surface area contributed by atoms with Gasteiger partial charge in [0.05, 0.1) is 17.6 Å². The molecule has 102 valence electrons. The Kier molecular flexibility index (Phi) is 3.30. The van der Waals surface area contributed by atoms with Crippen LogP contribution in [-0.4, -0.2) is 33.2 Å². The van der Waals surface area contributed by atoms with Gasteiger partial charge in [-0.1, -0.05) is 12.1 Å². The summed E-state index contributed by atoms with van der Waals surface area (Å²) in [6.45, 7) is 1.27. The number of rotatable bonds is 4. The maximum absolute atomic E-state index is 5.91. The highest BCUT2D eigenvalue weighted by molar-refractivity contribution is 5.81. The standard InChI is InChI=1S/C14H15N5O/c1-20-9-8-19-11-5-3-2-4-10(11)18-14(19)12-13(15)17-7-6-16-12/h2-7H,8-9H2,1H3,(H2,15,17). The van der Waals surface area contributed by atoms with E-state index in [1.54, 1.807) is 19.5 Å². The molecule has 0 fully saturated rings. The van der Waals surface area contributed by atoms with Gasteiger partial charge in [-0.3, -0.25) is 0 Å². The van der Waals surface area contributed by atoms with Crippen LogP contribution in [0.4, 0.5) is 5.82 Å². The van der Waals surface area contributed by atoms with Gasteiger partial charge in [0.2, 0.25) is 0 Å². The number of nitrogen functional groups attached to an aromatic ring is 1. The molecule has 0 aliphatic heterocycles. The molecule has 0 unspecified atom stereocenters. The molecule has 0 aliphatic carbocycles. The van der Waals surface area contributed by atoms with Crippen molar-refractivity contribution in [2.75, 3.05) is 19.5 Å². The van der Waals surface area contributed by atoms with Crippen molar-refractivity contribution in [3.05, 3.63) is 36.7 Å². The van der Waals surface area contributed by atoms with Gasteiger partial charge in [-0.15, -0.1) is 0 Å². The second-order valence-corrected chi connectivity index (χ2v) is 4.36. The molecule has 2 heterocycles. The van der Waals surface area contributed by atoms with Gasteiger partial charge < -0.3 is 15.0 Å². The van der Waals surface area contributed by atoms with Gasteiger partial charge in [0.1, 0.15) is 5.69 Å². The Balaban J connectivity index is 2.21. The minimum Gasteiger partial charge on any atom is -0.383 e. The third kappa shape index (κ3) is 2.10. The average Bonchev–Trinajstić information content (AvgIpc) is 2.84. The molecule has 2 N–H and O–H groups in total. The third-order valence-corrected chi connectivity index (χ3v) is 3.11. The molecule has 0 atom stereocenters. The zero-order valence-corrected chi connectivity index (χ0v) is 11.2. The summed E-state index contributed by atoms with van der Waals surface area (Å²) < 4.78 is 7.22. The molecule has 6 nitrogen and oxygen atoms in total. The molecular weight excluding hydrogens is 254 g/mol. The Hall–Kier alpha value is -2.47. The summed E-state index contributed by atoms with van der Waals surface area (Å²) in [7, 11) is 1.68. The lowest BCUT2D eigenvalue weighted by atomic mass is 10.3. The molecule has 3 rings (SSSR count). The van der Waals surface area contributed by atoms with Crippen molar-refractivity contribution < 1.29 is 4.74 Å². The van der Waals surface area contributed by atoms with E-state index in [9.17, 15) is 0 Å². The molecule has 1 aromatic carbocycles. The quantitative estimate of drug-likeness (QED) is 0.780. The fourth-order valence-corrected chi connectivity index (χ4v) is 2.19. The van der Waals surface area contributed by atoms with Gasteiger partial charge >= 0.3 is 0 Å². The van der Waals surface area contributed by atoms with Gasteiger partial charge in [0.15, 0.2) is 11.6 Å². The van der Waals surface area contributed by atoms with Gasteiger partial charge in [-0.05, 0) is 12.1 Å². The van der Waals surface area contributed by atoms with Crippen LogP contribution in [-0.2, 0) is 11.3 Å². The fourth-order valence-electron chi connectivity index (χ4n) is 2.19. The summed E-state index contributed by atoms with van der Waals surface area (Å²) in [6.07, 6.45) is 3.19. The first-order valence-electron chi connectivity index (χ1n) is 6.32.